The fourth-order valence-electron chi connectivity index (χ4n) is 1.92. The first kappa shape index (κ1) is 13.9. The number of rotatable bonds is 5. The van der Waals surface area contributed by atoms with Crippen LogP contribution in [-0.2, 0) is 6.42 Å². The van der Waals surface area contributed by atoms with E-state index in [-0.39, 0.29) is 0 Å². The molecule has 3 N–H and O–H groups in total. The number of methoxy groups -OCH3 is 2. The maximum atomic E-state index is 5.87. The summed E-state index contributed by atoms with van der Waals surface area (Å²) in [5.41, 5.74) is 7.50. The minimum atomic E-state index is 0.479. The van der Waals surface area contributed by atoms with Gasteiger partial charge >= 0.3 is 0 Å². The van der Waals surface area contributed by atoms with Crippen LogP contribution in [0.3, 0.4) is 0 Å². The summed E-state index contributed by atoms with van der Waals surface area (Å²) in [6.45, 7) is 2.00. The van der Waals surface area contributed by atoms with Gasteiger partial charge in [-0.15, -0.1) is 0 Å². The first-order valence-corrected chi connectivity index (χ1v) is 6.28. The minimum absolute atomic E-state index is 0.479. The van der Waals surface area contributed by atoms with Crippen molar-refractivity contribution in [2.24, 2.45) is 0 Å². The zero-order chi connectivity index (χ0) is 14.5. The number of nitrogen functional groups attached to an aromatic ring is 1. The summed E-state index contributed by atoms with van der Waals surface area (Å²) >= 11 is 0. The number of hydrogen-bond donors (Lipinski definition) is 2. The highest BCUT2D eigenvalue weighted by atomic mass is 16.5. The van der Waals surface area contributed by atoms with Crippen molar-refractivity contribution >= 4 is 17.3 Å². The number of aromatic nitrogens is 2. The minimum Gasteiger partial charge on any atom is -0.497 e. The van der Waals surface area contributed by atoms with Crippen LogP contribution in [0.25, 0.3) is 0 Å². The quantitative estimate of drug-likeness (QED) is 0.871. The molecule has 1 aromatic carbocycles. The van der Waals surface area contributed by atoms with Crippen LogP contribution in [0.2, 0.25) is 0 Å². The first-order chi connectivity index (χ1) is 9.69. The number of nitrogens with zero attached hydrogens (tertiary/aromatic N) is 2. The molecule has 0 aliphatic heterocycles. The van der Waals surface area contributed by atoms with Gasteiger partial charge in [-0.2, -0.15) is 0 Å². The Morgan fingerprint density at radius 3 is 2.65 bits per heavy atom. The van der Waals surface area contributed by atoms with Gasteiger partial charge in [0.1, 0.15) is 29.5 Å². The SMILES string of the molecule is CCc1c(N)ncnc1Nc1cc(OC)ccc1OC. The van der Waals surface area contributed by atoms with E-state index in [9.17, 15) is 0 Å². The van der Waals surface area contributed by atoms with Crippen LogP contribution in [0.1, 0.15) is 12.5 Å². The van der Waals surface area contributed by atoms with E-state index < -0.39 is 0 Å². The summed E-state index contributed by atoms with van der Waals surface area (Å²) in [5.74, 6) is 2.58. The van der Waals surface area contributed by atoms with Gasteiger partial charge in [-0.05, 0) is 18.6 Å². The molecule has 0 spiro atoms. The molecule has 0 saturated heterocycles. The lowest BCUT2D eigenvalue weighted by atomic mass is 10.2. The molecule has 0 saturated carbocycles. The van der Waals surface area contributed by atoms with Crippen LogP contribution in [-0.4, -0.2) is 24.2 Å². The van der Waals surface area contributed by atoms with Crippen molar-refractivity contribution in [1.29, 1.82) is 0 Å². The second-order valence-electron chi connectivity index (χ2n) is 4.13. The van der Waals surface area contributed by atoms with Crippen molar-refractivity contribution in [2.75, 3.05) is 25.3 Å². The zero-order valence-electron chi connectivity index (χ0n) is 11.8. The molecule has 0 amide bonds. The van der Waals surface area contributed by atoms with Crippen molar-refractivity contribution < 1.29 is 9.47 Å². The third kappa shape index (κ3) is 2.74. The van der Waals surface area contributed by atoms with Gasteiger partial charge in [0.2, 0.25) is 0 Å². The van der Waals surface area contributed by atoms with Crippen molar-refractivity contribution in [3.63, 3.8) is 0 Å². The lowest BCUT2D eigenvalue weighted by Gasteiger charge is -2.14. The highest BCUT2D eigenvalue weighted by Crippen LogP contribution is 2.32. The molecule has 1 heterocycles. The zero-order valence-corrected chi connectivity index (χ0v) is 11.8. The van der Waals surface area contributed by atoms with E-state index in [1.54, 1.807) is 14.2 Å². The first-order valence-electron chi connectivity index (χ1n) is 6.28. The van der Waals surface area contributed by atoms with Crippen LogP contribution in [0.5, 0.6) is 11.5 Å². The molecule has 0 radical (unpaired) electrons. The molecule has 20 heavy (non-hydrogen) atoms. The Bertz CT molecular complexity index is 602. The number of ether oxygens (including phenoxy) is 2. The number of benzene rings is 1. The Balaban J connectivity index is 2.41. The van der Waals surface area contributed by atoms with E-state index in [0.29, 0.717) is 17.4 Å². The number of nitrogens with one attached hydrogen (secondary N) is 1. The van der Waals surface area contributed by atoms with Gasteiger partial charge in [0.05, 0.1) is 19.9 Å². The molecule has 0 unspecified atom stereocenters. The largest absolute Gasteiger partial charge is 0.497 e. The third-order valence-corrected chi connectivity index (χ3v) is 2.99. The molecule has 1 aromatic heterocycles. The Labute approximate surface area is 118 Å². The van der Waals surface area contributed by atoms with Crippen molar-refractivity contribution in [3.8, 4) is 11.5 Å². The predicted octanol–water partition coefficient (Wildman–Crippen LogP) is 2.38. The summed E-state index contributed by atoms with van der Waals surface area (Å²) in [4.78, 5) is 8.24. The average molecular weight is 274 g/mol. The second-order valence-corrected chi connectivity index (χ2v) is 4.13. The highest BCUT2D eigenvalue weighted by Gasteiger charge is 2.11. The molecular formula is C14H18N4O2. The van der Waals surface area contributed by atoms with E-state index in [4.69, 9.17) is 15.2 Å². The Morgan fingerprint density at radius 1 is 1.20 bits per heavy atom. The van der Waals surface area contributed by atoms with Gasteiger partial charge in [-0.25, -0.2) is 9.97 Å². The average Bonchev–Trinajstić information content (AvgIpc) is 2.47. The van der Waals surface area contributed by atoms with Gasteiger partial charge in [0.25, 0.3) is 0 Å². The highest BCUT2D eigenvalue weighted by molar-refractivity contribution is 5.69. The van der Waals surface area contributed by atoms with Gasteiger partial charge in [0, 0.05) is 11.6 Å². The normalized spacial score (nSPS) is 10.2. The molecular weight excluding hydrogens is 256 g/mol. The lowest BCUT2D eigenvalue weighted by Crippen LogP contribution is -2.05. The van der Waals surface area contributed by atoms with Gasteiger partial charge in [-0.1, -0.05) is 6.92 Å². The molecule has 2 rings (SSSR count). The van der Waals surface area contributed by atoms with E-state index in [1.807, 2.05) is 25.1 Å². The van der Waals surface area contributed by atoms with Crippen molar-refractivity contribution in [2.45, 2.75) is 13.3 Å². The smallest absolute Gasteiger partial charge is 0.142 e. The van der Waals surface area contributed by atoms with Crippen LogP contribution in [0, 0.1) is 0 Å². The fraction of sp³-hybridized carbons (Fsp3) is 0.286. The monoisotopic (exact) mass is 274 g/mol. The predicted molar refractivity (Wildman–Crippen MR) is 78.7 cm³/mol. The Morgan fingerprint density at radius 2 is 2.00 bits per heavy atom. The summed E-state index contributed by atoms with van der Waals surface area (Å²) in [6.07, 6.45) is 2.17. The summed E-state index contributed by atoms with van der Waals surface area (Å²) in [5, 5.41) is 3.22. The maximum absolute atomic E-state index is 5.87. The summed E-state index contributed by atoms with van der Waals surface area (Å²) in [6, 6.07) is 5.51. The van der Waals surface area contributed by atoms with Gasteiger partial charge in [0.15, 0.2) is 0 Å². The molecule has 0 aliphatic rings. The molecule has 0 fully saturated rings. The topological polar surface area (TPSA) is 82.3 Å². The summed E-state index contributed by atoms with van der Waals surface area (Å²) < 4.78 is 10.5. The molecule has 6 heteroatoms. The molecule has 0 bridgehead atoms. The van der Waals surface area contributed by atoms with Gasteiger partial charge < -0.3 is 20.5 Å². The Kier molecular flexibility index (Phi) is 4.24. The van der Waals surface area contributed by atoms with Crippen molar-refractivity contribution in [3.05, 3.63) is 30.1 Å². The standard InChI is InChI=1S/C14H18N4O2/c1-4-10-13(15)16-8-17-14(10)18-11-7-9(19-2)5-6-12(11)20-3/h5-8H,4H2,1-3H3,(H3,15,16,17,18). The second kappa shape index (κ2) is 6.10. The van der Waals surface area contributed by atoms with E-state index in [0.717, 1.165) is 23.4 Å². The lowest BCUT2D eigenvalue weighted by molar-refractivity contribution is 0.405. The Hall–Kier alpha value is -2.50. The van der Waals surface area contributed by atoms with E-state index in [2.05, 4.69) is 15.3 Å². The molecule has 0 atom stereocenters. The van der Waals surface area contributed by atoms with Crippen LogP contribution in [0.4, 0.5) is 17.3 Å². The third-order valence-electron chi connectivity index (χ3n) is 2.99. The van der Waals surface area contributed by atoms with Crippen LogP contribution in [0.15, 0.2) is 24.5 Å². The maximum Gasteiger partial charge on any atom is 0.142 e. The molecule has 106 valence electrons. The van der Waals surface area contributed by atoms with E-state index in [1.165, 1.54) is 6.33 Å². The molecule has 0 aliphatic carbocycles. The van der Waals surface area contributed by atoms with E-state index >= 15 is 0 Å². The fourth-order valence-corrected chi connectivity index (χ4v) is 1.92. The number of anilines is 3. The van der Waals surface area contributed by atoms with Gasteiger partial charge in [-0.3, -0.25) is 0 Å². The molecule has 6 nitrogen and oxygen atoms in total. The molecule has 2 aromatic rings. The summed E-state index contributed by atoms with van der Waals surface area (Å²) in [7, 11) is 3.23. The van der Waals surface area contributed by atoms with Crippen LogP contribution < -0.4 is 20.5 Å². The van der Waals surface area contributed by atoms with Crippen molar-refractivity contribution in [1.82, 2.24) is 9.97 Å². The number of hydrogen-bond acceptors (Lipinski definition) is 6. The van der Waals surface area contributed by atoms with Crippen LogP contribution >= 0.6 is 0 Å². The number of nitrogens with two attached hydrogens (primary N) is 1.